The minimum atomic E-state index is -0.179. The monoisotopic (exact) mass is 367 g/mol. The lowest BCUT2D eigenvalue weighted by Gasteiger charge is -2.23. The van der Waals surface area contributed by atoms with E-state index in [1.807, 2.05) is 18.2 Å². The van der Waals surface area contributed by atoms with Crippen molar-refractivity contribution < 1.29 is 14.3 Å². The Morgan fingerprint density at radius 3 is 2.82 bits per heavy atom. The molecule has 0 spiro atoms. The van der Waals surface area contributed by atoms with E-state index in [-0.39, 0.29) is 11.8 Å². The van der Waals surface area contributed by atoms with Gasteiger partial charge in [-0.25, -0.2) is 5.01 Å². The minimum Gasteiger partial charge on any atom is -0.496 e. The first-order valence-electron chi connectivity index (χ1n) is 6.84. The first kappa shape index (κ1) is 16.5. The Balaban J connectivity index is 2.14. The first-order chi connectivity index (χ1) is 10.4. The molecule has 6 nitrogen and oxygen atoms in total. The maximum Gasteiger partial charge on any atom is 0.270 e. The third kappa shape index (κ3) is 3.65. The SMILES string of the molecule is COc1ccc(Br)cc1CN(C)C(=O)C1=NN(C)C(=O)CC1. The number of nitrogens with zero attached hydrogens (tertiary/aromatic N) is 3. The van der Waals surface area contributed by atoms with Crippen molar-refractivity contribution in [2.45, 2.75) is 19.4 Å². The number of benzene rings is 1. The van der Waals surface area contributed by atoms with Gasteiger partial charge in [0.15, 0.2) is 0 Å². The van der Waals surface area contributed by atoms with Crippen LogP contribution in [0, 0.1) is 0 Å². The normalized spacial score (nSPS) is 14.6. The maximum atomic E-state index is 12.4. The van der Waals surface area contributed by atoms with Crippen LogP contribution in [-0.4, -0.2) is 48.6 Å². The zero-order valence-corrected chi connectivity index (χ0v) is 14.4. The lowest BCUT2D eigenvalue weighted by Crippen LogP contribution is -2.38. The molecule has 0 bridgehead atoms. The van der Waals surface area contributed by atoms with Gasteiger partial charge in [0.05, 0.1) is 7.11 Å². The zero-order chi connectivity index (χ0) is 16.3. The van der Waals surface area contributed by atoms with Gasteiger partial charge >= 0.3 is 0 Å². The molecular weight excluding hydrogens is 350 g/mol. The van der Waals surface area contributed by atoms with Crippen molar-refractivity contribution in [1.82, 2.24) is 9.91 Å². The first-order valence-corrected chi connectivity index (χ1v) is 7.63. The smallest absolute Gasteiger partial charge is 0.270 e. The Morgan fingerprint density at radius 2 is 2.18 bits per heavy atom. The minimum absolute atomic E-state index is 0.0761. The fourth-order valence-electron chi connectivity index (χ4n) is 2.24. The van der Waals surface area contributed by atoms with E-state index < -0.39 is 0 Å². The number of hydrogen-bond acceptors (Lipinski definition) is 4. The summed E-state index contributed by atoms with van der Waals surface area (Å²) in [5.74, 6) is 0.468. The molecular formula is C15H18BrN3O3. The molecule has 0 saturated heterocycles. The Labute approximate surface area is 137 Å². The van der Waals surface area contributed by atoms with Crippen LogP contribution in [0.25, 0.3) is 0 Å². The van der Waals surface area contributed by atoms with E-state index in [1.165, 1.54) is 5.01 Å². The van der Waals surface area contributed by atoms with Gasteiger partial charge in [-0.2, -0.15) is 5.10 Å². The highest BCUT2D eigenvalue weighted by atomic mass is 79.9. The standard InChI is InChI=1S/C15H18BrN3O3/c1-18(9-10-8-11(16)4-6-13(10)22-3)15(21)12-5-7-14(20)19(2)17-12/h4,6,8H,5,7,9H2,1-3H3. The summed E-state index contributed by atoms with van der Waals surface area (Å²) in [5, 5.41) is 5.28. The Kier molecular flexibility index (Phi) is 5.18. The van der Waals surface area contributed by atoms with E-state index in [9.17, 15) is 9.59 Å². The van der Waals surface area contributed by atoms with E-state index >= 15 is 0 Å². The molecule has 1 heterocycles. The molecule has 0 aliphatic carbocycles. The highest BCUT2D eigenvalue weighted by Crippen LogP contribution is 2.24. The molecule has 0 unspecified atom stereocenters. The molecule has 0 aromatic heterocycles. The molecule has 0 N–H and O–H groups in total. The number of hydrogen-bond donors (Lipinski definition) is 0. The van der Waals surface area contributed by atoms with Gasteiger partial charge in [-0.15, -0.1) is 0 Å². The second kappa shape index (κ2) is 6.91. The van der Waals surface area contributed by atoms with Gasteiger partial charge in [-0.05, 0) is 18.2 Å². The molecule has 1 aromatic rings. The van der Waals surface area contributed by atoms with Crippen LogP contribution in [0.1, 0.15) is 18.4 Å². The van der Waals surface area contributed by atoms with Crippen LogP contribution in [0.4, 0.5) is 0 Å². The third-order valence-corrected chi connectivity index (χ3v) is 3.94. The topological polar surface area (TPSA) is 62.2 Å². The van der Waals surface area contributed by atoms with Crippen LogP contribution in [0.15, 0.2) is 27.8 Å². The van der Waals surface area contributed by atoms with Crippen molar-refractivity contribution in [2.75, 3.05) is 21.2 Å². The summed E-state index contributed by atoms with van der Waals surface area (Å²) in [6.45, 7) is 0.401. The Hall–Kier alpha value is -1.89. The fraction of sp³-hybridized carbons (Fsp3) is 0.400. The molecule has 118 valence electrons. The number of methoxy groups -OCH3 is 1. The highest BCUT2D eigenvalue weighted by Gasteiger charge is 2.24. The van der Waals surface area contributed by atoms with E-state index in [2.05, 4.69) is 21.0 Å². The maximum absolute atomic E-state index is 12.4. The molecule has 1 aliphatic rings. The molecule has 1 aliphatic heterocycles. The van der Waals surface area contributed by atoms with E-state index in [0.29, 0.717) is 25.1 Å². The quantitative estimate of drug-likeness (QED) is 0.817. The number of halogens is 1. The van der Waals surface area contributed by atoms with E-state index in [1.54, 1.807) is 26.1 Å². The summed E-state index contributed by atoms with van der Waals surface area (Å²) < 4.78 is 6.24. The Morgan fingerprint density at radius 1 is 1.45 bits per heavy atom. The molecule has 0 saturated carbocycles. The molecule has 2 amide bonds. The molecule has 0 fully saturated rings. The van der Waals surface area contributed by atoms with Crippen molar-refractivity contribution in [3.05, 3.63) is 28.2 Å². The summed E-state index contributed by atoms with van der Waals surface area (Å²) in [7, 11) is 4.87. The second-order valence-corrected chi connectivity index (χ2v) is 6.00. The zero-order valence-electron chi connectivity index (χ0n) is 12.8. The van der Waals surface area contributed by atoms with Gasteiger partial charge in [0.2, 0.25) is 5.91 Å². The van der Waals surface area contributed by atoms with Crippen molar-refractivity contribution >= 4 is 33.5 Å². The van der Waals surface area contributed by atoms with E-state index in [4.69, 9.17) is 4.74 Å². The molecule has 1 aromatic carbocycles. The van der Waals surface area contributed by atoms with Crippen molar-refractivity contribution in [3.63, 3.8) is 0 Å². The number of ether oxygens (including phenoxy) is 1. The largest absolute Gasteiger partial charge is 0.496 e. The number of carbonyl (C=O) groups is 2. The lowest BCUT2D eigenvalue weighted by atomic mass is 10.1. The third-order valence-electron chi connectivity index (χ3n) is 3.45. The van der Waals surface area contributed by atoms with Gasteiger partial charge in [0, 0.05) is 43.5 Å². The molecule has 22 heavy (non-hydrogen) atoms. The van der Waals surface area contributed by atoms with Crippen LogP contribution in [0.2, 0.25) is 0 Å². The predicted molar refractivity (Wildman–Crippen MR) is 86.6 cm³/mol. The van der Waals surface area contributed by atoms with Gasteiger partial charge in [-0.1, -0.05) is 15.9 Å². The van der Waals surface area contributed by atoms with Crippen LogP contribution in [-0.2, 0) is 16.1 Å². The van der Waals surface area contributed by atoms with E-state index in [0.717, 1.165) is 15.8 Å². The average molecular weight is 368 g/mol. The molecule has 2 rings (SSSR count). The van der Waals surface area contributed by atoms with Gasteiger partial charge in [-0.3, -0.25) is 9.59 Å². The fourth-order valence-corrected chi connectivity index (χ4v) is 2.65. The number of amides is 2. The predicted octanol–water partition coefficient (Wildman–Crippen LogP) is 2.02. The summed E-state index contributed by atoms with van der Waals surface area (Å²) in [6, 6.07) is 5.65. The Bertz CT molecular complexity index is 630. The number of hydrazone groups is 1. The summed E-state index contributed by atoms with van der Waals surface area (Å²) in [4.78, 5) is 25.4. The van der Waals surface area contributed by atoms with Crippen LogP contribution < -0.4 is 4.74 Å². The lowest BCUT2D eigenvalue weighted by molar-refractivity contribution is -0.130. The summed E-state index contributed by atoms with van der Waals surface area (Å²) >= 11 is 3.42. The van der Waals surface area contributed by atoms with Gasteiger partial charge in [0.1, 0.15) is 11.5 Å². The van der Waals surface area contributed by atoms with Crippen molar-refractivity contribution in [2.24, 2.45) is 5.10 Å². The van der Waals surface area contributed by atoms with Crippen molar-refractivity contribution in [3.8, 4) is 5.75 Å². The molecule has 0 atom stereocenters. The number of carbonyl (C=O) groups excluding carboxylic acids is 2. The van der Waals surface area contributed by atoms with Crippen LogP contribution in [0.5, 0.6) is 5.75 Å². The van der Waals surface area contributed by atoms with Crippen molar-refractivity contribution in [1.29, 1.82) is 0 Å². The molecule has 0 radical (unpaired) electrons. The average Bonchev–Trinajstić information content (AvgIpc) is 2.49. The van der Waals surface area contributed by atoms with Gasteiger partial charge in [0.25, 0.3) is 5.91 Å². The highest BCUT2D eigenvalue weighted by molar-refractivity contribution is 9.10. The molecule has 7 heteroatoms. The van der Waals surface area contributed by atoms with Crippen LogP contribution >= 0.6 is 15.9 Å². The second-order valence-electron chi connectivity index (χ2n) is 5.08. The summed E-state index contributed by atoms with van der Waals surface area (Å²) in [5.41, 5.74) is 1.30. The van der Waals surface area contributed by atoms with Crippen LogP contribution in [0.3, 0.4) is 0 Å². The summed E-state index contributed by atoms with van der Waals surface area (Å²) in [6.07, 6.45) is 0.692. The number of rotatable bonds is 4. The van der Waals surface area contributed by atoms with Gasteiger partial charge < -0.3 is 9.64 Å².